The Morgan fingerprint density at radius 1 is 1.45 bits per heavy atom. The lowest BCUT2D eigenvalue weighted by Crippen LogP contribution is -2.29. The van der Waals surface area contributed by atoms with Gasteiger partial charge in [-0.3, -0.25) is 9.59 Å². The van der Waals surface area contributed by atoms with Crippen molar-refractivity contribution in [3.05, 3.63) is 40.7 Å². The quantitative estimate of drug-likeness (QED) is 0.698. The summed E-state index contributed by atoms with van der Waals surface area (Å²) in [4.78, 5) is 26.0. The summed E-state index contributed by atoms with van der Waals surface area (Å²) >= 11 is 6.16. The van der Waals surface area contributed by atoms with E-state index in [1.165, 1.54) is 12.3 Å². The van der Waals surface area contributed by atoms with Crippen molar-refractivity contribution >= 4 is 29.1 Å². The fraction of sp³-hybridized carbons (Fsp3) is 0.267. The number of carboxylic acids is 1. The Kier molecular flexibility index (Phi) is 6.59. The summed E-state index contributed by atoms with van der Waals surface area (Å²) < 4.78 is 0. The van der Waals surface area contributed by atoms with E-state index >= 15 is 0 Å². The van der Waals surface area contributed by atoms with E-state index in [9.17, 15) is 14.7 Å². The van der Waals surface area contributed by atoms with Gasteiger partial charge < -0.3 is 15.5 Å². The first-order valence-electron chi connectivity index (χ1n) is 6.62. The monoisotopic (exact) mass is 324 g/mol. The number of hydrogen-bond donors (Lipinski definition) is 3. The number of nitrogens with zero attached hydrogens (tertiary/aromatic N) is 1. The molecule has 118 valence electrons. The van der Waals surface area contributed by atoms with Crippen LogP contribution in [0.4, 0.5) is 0 Å². The second-order valence-electron chi connectivity index (χ2n) is 4.33. The Morgan fingerprint density at radius 3 is 2.64 bits per heavy atom. The van der Waals surface area contributed by atoms with Crippen molar-refractivity contribution in [2.24, 2.45) is 0 Å². The molecule has 1 rings (SSSR count). The van der Waals surface area contributed by atoms with Gasteiger partial charge in [-0.15, -0.1) is 0 Å². The SMILES string of the molecule is C/C=C(\C(Cl)=C/CC)c1cnc(C(=O)NCC(=O)O)c(O)c1. The first-order chi connectivity index (χ1) is 10.4. The van der Waals surface area contributed by atoms with Gasteiger partial charge in [-0.05, 0) is 25.0 Å². The van der Waals surface area contributed by atoms with Gasteiger partial charge in [-0.1, -0.05) is 30.7 Å². The van der Waals surface area contributed by atoms with Gasteiger partial charge in [0.05, 0.1) is 0 Å². The van der Waals surface area contributed by atoms with Gasteiger partial charge in [0.1, 0.15) is 12.3 Å². The summed E-state index contributed by atoms with van der Waals surface area (Å²) in [7, 11) is 0. The van der Waals surface area contributed by atoms with Crippen LogP contribution in [0.3, 0.4) is 0 Å². The van der Waals surface area contributed by atoms with E-state index in [1.807, 2.05) is 13.0 Å². The smallest absolute Gasteiger partial charge is 0.322 e. The van der Waals surface area contributed by atoms with Crippen molar-refractivity contribution in [1.82, 2.24) is 10.3 Å². The summed E-state index contributed by atoms with van der Waals surface area (Å²) in [6, 6.07) is 1.36. The lowest BCUT2D eigenvalue weighted by atomic mass is 10.1. The molecular formula is C15H17ClN2O4. The number of aromatic nitrogens is 1. The number of aliphatic carboxylic acids is 1. The minimum Gasteiger partial charge on any atom is -0.505 e. The zero-order valence-corrected chi connectivity index (χ0v) is 13.0. The van der Waals surface area contributed by atoms with E-state index in [1.54, 1.807) is 13.0 Å². The second kappa shape index (κ2) is 8.19. The number of nitrogens with one attached hydrogen (secondary N) is 1. The highest BCUT2D eigenvalue weighted by molar-refractivity contribution is 6.36. The lowest BCUT2D eigenvalue weighted by Gasteiger charge is -2.09. The van der Waals surface area contributed by atoms with Crippen molar-refractivity contribution in [1.29, 1.82) is 0 Å². The van der Waals surface area contributed by atoms with E-state index in [-0.39, 0.29) is 11.4 Å². The molecule has 6 nitrogen and oxygen atoms in total. The third-order valence-electron chi connectivity index (χ3n) is 2.72. The molecule has 3 N–H and O–H groups in total. The summed E-state index contributed by atoms with van der Waals surface area (Å²) in [5, 5.41) is 21.1. The van der Waals surface area contributed by atoms with Crippen LogP contribution in [0.5, 0.6) is 5.75 Å². The van der Waals surface area contributed by atoms with Crippen LogP contribution in [0.2, 0.25) is 0 Å². The number of rotatable bonds is 6. The average Bonchev–Trinajstić information content (AvgIpc) is 2.46. The second-order valence-corrected chi connectivity index (χ2v) is 4.74. The zero-order chi connectivity index (χ0) is 16.7. The number of halogens is 1. The molecule has 1 aromatic heterocycles. The number of amides is 1. The fourth-order valence-corrected chi connectivity index (χ4v) is 2.12. The third-order valence-corrected chi connectivity index (χ3v) is 3.08. The Hall–Kier alpha value is -2.34. The van der Waals surface area contributed by atoms with E-state index in [4.69, 9.17) is 16.7 Å². The van der Waals surface area contributed by atoms with Gasteiger partial charge in [0.25, 0.3) is 5.91 Å². The first-order valence-corrected chi connectivity index (χ1v) is 7.00. The molecule has 0 aliphatic rings. The first kappa shape index (κ1) is 17.7. The third kappa shape index (κ3) is 4.60. The van der Waals surface area contributed by atoms with Crippen molar-refractivity contribution in [2.75, 3.05) is 6.54 Å². The van der Waals surface area contributed by atoms with Gasteiger partial charge in [0, 0.05) is 16.8 Å². The molecule has 1 aromatic rings. The van der Waals surface area contributed by atoms with Crippen LogP contribution in [0.25, 0.3) is 5.57 Å². The fourth-order valence-electron chi connectivity index (χ4n) is 1.75. The Balaban J connectivity index is 3.05. The number of carbonyl (C=O) groups is 2. The van der Waals surface area contributed by atoms with Crippen LogP contribution in [0.1, 0.15) is 36.3 Å². The minimum absolute atomic E-state index is 0.240. The van der Waals surface area contributed by atoms with E-state index < -0.39 is 18.4 Å². The number of aromatic hydroxyl groups is 1. The Morgan fingerprint density at radius 2 is 2.14 bits per heavy atom. The van der Waals surface area contributed by atoms with E-state index in [0.717, 1.165) is 6.42 Å². The number of allylic oxidation sites excluding steroid dienone is 4. The van der Waals surface area contributed by atoms with Crippen LogP contribution in [-0.4, -0.2) is 33.6 Å². The van der Waals surface area contributed by atoms with Crippen molar-refractivity contribution in [2.45, 2.75) is 20.3 Å². The standard InChI is InChI=1S/C15H17ClN2O4/c1-3-5-11(16)10(4-2)9-6-12(19)14(17-7-9)15(22)18-8-13(20)21/h4-7,19H,3,8H2,1-2H3,(H,18,22)(H,20,21)/b10-4-,11-5+. The Bertz CT molecular complexity index is 638. The zero-order valence-electron chi connectivity index (χ0n) is 12.3. The molecule has 0 atom stereocenters. The summed E-state index contributed by atoms with van der Waals surface area (Å²) in [6.45, 7) is 3.19. The lowest BCUT2D eigenvalue weighted by molar-refractivity contribution is -0.135. The predicted octanol–water partition coefficient (Wildman–Crippen LogP) is 2.54. The molecule has 0 saturated carbocycles. The molecule has 0 spiro atoms. The van der Waals surface area contributed by atoms with Gasteiger partial charge in [0.2, 0.25) is 0 Å². The van der Waals surface area contributed by atoms with Crippen LogP contribution < -0.4 is 5.32 Å². The van der Waals surface area contributed by atoms with Crippen LogP contribution in [0, 0.1) is 0 Å². The molecular weight excluding hydrogens is 308 g/mol. The maximum atomic E-state index is 11.7. The van der Waals surface area contributed by atoms with Gasteiger partial charge in [-0.25, -0.2) is 4.98 Å². The highest BCUT2D eigenvalue weighted by Crippen LogP contribution is 2.29. The maximum Gasteiger partial charge on any atom is 0.322 e. The van der Waals surface area contributed by atoms with Gasteiger partial charge >= 0.3 is 5.97 Å². The molecule has 0 aromatic carbocycles. The molecule has 0 fully saturated rings. The average molecular weight is 325 g/mol. The van der Waals surface area contributed by atoms with E-state index in [0.29, 0.717) is 16.2 Å². The van der Waals surface area contributed by atoms with E-state index in [2.05, 4.69) is 10.3 Å². The molecule has 0 radical (unpaired) electrons. The normalized spacial score (nSPS) is 12.1. The highest BCUT2D eigenvalue weighted by Gasteiger charge is 2.16. The topological polar surface area (TPSA) is 99.5 Å². The summed E-state index contributed by atoms with van der Waals surface area (Å²) in [5.74, 6) is -2.29. The number of pyridine rings is 1. The largest absolute Gasteiger partial charge is 0.505 e. The van der Waals surface area contributed by atoms with Crippen LogP contribution in [-0.2, 0) is 4.79 Å². The highest BCUT2D eigenvalue weighted by atomic mass is 35.5. The number of carbonyl (C=O) groups excluding carboxylic acids is 1. The molecule has 1 amide bonds. The summed E-state index contributed by atoms with van der Waals surface area (Å²) in [6.07, 6.45) is 5.75. The number of hydrogen-bond acceptors (Lipinski definition) is 4. The van der Waals surface area contributed by atoms with Crippen molar-refractivity contribution in [3.8, 4) is 5.75 Å². The molecule has 7 heteroatoms. The molecule has 0 bridgehead atoms. The molecule has 22 heavy (non-hydrogen) atoms. The maximum absolute atomic E-state index is 11.7. The van der Waals surface area contributed by atoms with Crippen molar-refractivity contribution < 1.29 is 19.8 Å². The minimum atomic E-state index is -1.18. The Labute approximate surface area is 133 Å². The summed E-state index contributed by atoms with van der Waals surface area (Å²) in [5.41, 5.74) is 1.00. The van der Waals surface area contributed by atoms with Crippen molar-refractivity contribution in [3.63, 3.8) is 0 Å². The number of carboxylic acid groups (broad SMARTS) is 1. The molecule has 0 aliphatic carbocycles. The molecule has 0 saturated heterocycles. The molecule has 0 unspecified atom stereocenters. The van der Waals surface area contributed by atoms with Gasteiger partial charge in [0.15, 0.2) is 5.69 Å². The van der Waals surface area contributed by atoms with Crippen LogP contribution >= 0.6 is 11.6 Å². The van der Waals surface area contributed by atoms with Gasteiger partial charge in [-0.2, -0.15) is 0 Å². The predicted molar refractivity (Wildman–Crippen MR) is 83.7 cm³/mol. The molecule has 0 aliphatic heterocycles. The molecule has 1 heterocycles. The van der Waals surface area contributed by atoms with Crippen LogP contribution in [0.15, 0.2) is 29.4 Å².